The van der Waals surface area contributed by atoms with Gasteiger partial charge in [-0.25, -0.2) is 0 Å². The molecule has 1 N–H and O–H groups in total. The highest BCUT2D eigenvalue weighted by atomic mass is 16.2. The molecular weight excluding hydrogens is 150 g/mol. The second kappa shape index (κ2) is 2.75. The molecule has 0 heterocycles. The van der Waals surface area contributed by atoms with Gasteiger partial charge in [0.05, 0.1) is 0 Å². The lowest BCUT2D eigenvalue weighted by Crippen LogP contribution is -2.30. The zero-order valence-corrected chi connectivity index (χ0v) is 7.73. The molecule has 12 heavy (non-hydrogen) atoms. The second-order valence-corrected chi connectivity index (χ2v) is 4.35. The number of rotatable bonds is 4. The van der Waals surface area contributed by atoms with Crippen molar-refractivity contribution in [2.45, 2.75) is 39.0 Å². The van der Waals surface area contributed by atoms with E-state index in [0.29, 0.717) is 17.2 Å². The maximum absolute atomic E-state index is 11.3. The van der Waals surface area contributed by atoms with Crippen molar-refractivity contribution < 1.29 is 4.79 Å². The van der Waals surface area contributed by atoms with Crippen LogP contribution in [0.1, 0.15) is 39.0 Å². The van der Waals surface area contributed by atoms with Crippen molar-refractivity contribution in [1.82, 2.24) is 5.32 Å². The second-order valence-electron chi connectivity index (χ2n) is 4.35. The maximum atomic E-state index is 11.3. The molecule has 0 aromatic heterocycles. The summed E-state index contributed by atoms with van der Waals surface area (Å²) in [5.74, 6) is 0.674. The Hall–Kier alpha value is -0.530. The first-order valence-corrected chi connectivity index (χ1v) is 5.03. The van der Waals surface area contributed by atoms with Crippen molar-refractivity contribution in [3.63, 3.8) is 0 Å². The van der Waals surface area contributed by atoms with Gasteiger partial charge in [-0.1, -0.05) is 6.92 Å². The van der Waals surface area contributed by atoms with E-state index < -0.39 is 0 Å². The fourth-order valence-corrected chi connectivity index (χ4v) is 1.60. The van der Waals surface area contributed by atoms with Crippen molar-refractivity contribution in [2.24, 2.45) is 11.3 Å². The standard InChI is InChI=1S/C10H17NO/c1-2-10(5-6-10)7-11-9(12)8-3-4-8/h8H,2-7H2,1H3,(H,11,12). The number of nitrogens with one attached hydrogen (secondary N) is 1. The molecule has 68 valence electrons. The molecule has 0 spiro atoms. The lowest BCUT2D eigenvalue weighted by molar-refractivity contribution is -0.122. The van der Waals surface area contributed by atoms with Crippen LogP contribution in [0.25, 0.3) is 0 Å². The fraction of sp³-hybridized carbons (Fsp3) is 0.900. The van der Waals surface area contributed by atoms with Crippen LogP contribution < -0.4 is 5.32 Å². The lowest BCUT2D eigenvalue weighted by atomic mass is 10.0. The average molecular weight is 167 g/mol. The topological polar surface area (TPSA) is 29.1 Å². The minimum absolute atomic E-state index is 0.301. The molecule has 0 radical (unpaired) electrons. The van der Waals surface area contributed by atoms with Gasteiger partial charge in [0.1, 0.15) is 0 Å². The first kappa shape index (κ1) is 8.09. The zero-order chi connectivity index (χ0) is 8.60. The lowest BCUT2D eigenvalue weighted by Gasteiger charge is -2.12. The van der Waals surface area contributed by atoms with E-state index in [9.17, 15) is 4.79 Å². The number of carbonyl (C=O) groups is 1. The predicted molar refractivity (Wildman–Crippen MR) is 47.7 cm³/mol. The highest BCUT2D eigenvalue weighted by Gasteiger charge is 2.41. The van der Waals surface area contributed by atoms with Crippen LogP contribution in [0.3, 0.4) is 0 Å². The summed E-state index contributed by atoms with van der Waals surface area (Å²) in [4.78, 5) is 11.3. The van der Waals surface area contributed by atoms with Crippen LogP contribution in [0.2, 0.25) is 0 Å². The third-order valence-corrected chi connectivity index (χ3v) is 3.29. The molecule has 1 amide bonds. The molecule has 2 aliphatic carbocycles. The summed E-state index contributed by atoms with van der Waals surface area (Å²) in [5, 5.41) is 3.06. The van der Waals surface area contributed by atoms with Crippen LogP contribution >= 0.6 is 0 Å². The van der Waals surface area contributed by atoms with Gasteiger partial charge in [-0.2, -0.15) is 0 Å². The van der Waals surface area contributed by atoms with Crippen LogP contribution in [0.4, 0.5) is 0 Å². The first-order chi connectivity index (χ1) is 5.76. The van der Waals surface area contributed by atoms with Gasteiger partial charge in [-0.05, 0) is 37.5 Å². The van der Waals surface area contributed by atoms with Crippen LogP contribution in [-0.4, -0.2) is 12.5 Å². The van der Waals surface area contributed by atoms with E-state index in [1.807, 2.05) is 0 Å². The summed E-state index contributed by atoms with van der Waals surface area (Å²) in [7, 11) is 0. The van der Waals surface area contributed by atoms with Gasteiger partial charge < -0.3 is 5.32 Å². The number of carbonyl (C=O) groups excluding carboxylic acids is 1. The third kappa shape index (κ3) is 1.62. The molecule has 2 saturated carbocycles. The monoisotopic (exact) mass is 167 g/mol. The molecule has 0 unspecified atom stereocenters. The third-order valence-electron chi connectivity index (χ3n) is 3.29. The Morgan fingerprint density at radius 2 is 2.17 bits per heavy atom. The summed E-state index contributed by atoms with van der Waals surface area (Å²) >= 11 is 0. The van der Waals surface area contributed by atoms with E-state index in [0.717, 1.165) is 19.4 Å². The normalized spacial score (nSPS) is 25.1. The minimum Gasteiger partial charge on any atom is -0.355 e. The molecule has 2 heteroatoms. The molecule has 0 bridgehead atoms. The van der Waals surface area contributed by atoms with Gasteiger partial charge in [0.15, 0.2) is 0 Å². The Morgan fingerprint density at radius 3 is 2.58 bits per heavy atom. The van der Waals surface area contributed by atoms with Crippen molar-refractivity contribution >= 4 is 5.91 Å². The summed E-state index contributed by atoms with van der Waals surface area (Å²) in [6.45, 7) is 3.15. The molecule has 2 fully saturated rings. The molecule has 0 aromatic rings. The first-order valence-electron chi connectivity index (χ1n) is 5.03. The summed E-state index contributed by atoms with van der Waals surface area (Å²) in [6, 6.07) is 0. The highest BCUT2D eigenvalue weighted by Crippen LogP contribution is 2.48. The Bertz CT molecular complexity index is 192. The Balaban J connectivity index is 1.70. The van der Waals surface area contributed by atoms with E-state index in [4.69, 9.17) is 0 Å². The van der Waals surface area contributed by atoms with Gasteiger partial charge in [-0.15, -0.1) is 0 Å². The van der Waals surface area contributed by atoms with Crippen LogP contribution in [0, 0.1) is 11.3 Å². The minimum atomic E-state index is 0.301. The summed E-state index contributed by atoms with van der Waals surface area (Å²) < 4.78 is 0. The predicted octanol–water partition coefficient (Wildman–Crippen LogP) is 1.70. The van der Waals surface area contributed by atoms with Crippen molar-refractivity contribution in [3.05, 3.63) is 0 Å². The smallest absolute Gasteiger partial charge is 0.223 e. The number of hydrogen-bond donors (Lipinski definition) is 1. The van der Waals surface area contributed by atoms with Crippen molar-refractivity contribution in [1.29, 1.82) is 0 Å². The number of amides is 1. The van der Waals surface area contributed by atoms with Crippen molar-refractivity contribution in [3.8, 4) is 0 Å². The summed E-state index contributed by atoms with van der Waals surface area (Å²) in [6.07, 6.45) is 6.08. The van der Waals surface area contributed by atoms with E-state index >= 15 is 0 Å². The zero-order valence-electron chi connectivity index (χ0n) is 7.73. The van der Waals surface area contributed by atoms with E-state index in [1.165, 1.54) is 19.3 Å². The Morgan fingerprint density at radius 1 is 1.50 bits per heavy atom. The van der Waals surface area contributed by atoms with Crippen LogP contribution in [0.5, 0.6) is 0 Å². The van der Waals surface area contributed by atoms with E-state index in [-0.39, 0.29) is 0 Å². The molecule has 2 rings (SSSR count). The molecule has 2 nitrogen and oxygen atoms in total. The molecule has 2 aliphatic rings. The molecule has 0 aliphatic heterocycles. The quantitative estimate of drug-likeness (QED) is 0.678. The van der Waals surface area contributed by atoms with Crippen molar-refractivity contribution in [2.75, 3.05) is 6.54 Å². The van der Waals surface area contributed by atoms with Gasteiger partial charge in [-0.3, -0.25) is 4.79 Å². The molecule has 0 aromatic carbocycles. The van der Waals surface area contributed by atoms with Crippen LogP contribution in [0.15, 0.2) is 0 Å². The van der Waals surface area contributed by atoms with Gasteiger partial charge in [0.2, 0.25) is 5.91 Å². The summed E-state index contributed by atoms with van der Waals surface area (Å²) in [5.41, 5.74) is 0.505. The number of hydrogen-bond acceptors (Lipinski definition) is 1. The molecule has 0 atom stereocenters. The average Bonchev–Trinajstić information content (AvgIpc) is 2.94. The van der Waals surface area contributed by atoms with E-state index in [1.54, 1.807) is 0 Å². The largest absolute Gasteiger partial charge is 0.355 e. The SMILES string of the molecule is CCC1(CNC(=O)C2CC2)CC1. The van der Waals surface area contributed by atoms with Gasteiger partial charge in [0.25, 0.3) is 0 Å². The fourth-order valence-electron chi connectivity index (χ4n) is 1.60. The molecular formula is C10H17NO. The Labute approximate surface area is 73.7 Å². The van der Waals surface area contributed by atoms with E-state index in [2.05, 4.69) is 12.2 Å². The van der Waals surface area contributed by atoms with Gasteiger partial charge in [0, 0.05) is 12.5 Å². The van der Waals surface area contributed by atoms with Gasteiger partial charge >= 0.3 is 0 Å². The highest BCUT2D eigenvalue weighted by molar-refractivity contribution is 5.80. The Kier molecular flexibility index (Phi) is 1.85. The maximum Gasteiger partial charge on any atom is 0.223 e. The van der Waals surface area contributed by atoms with Crippen LogP contribution in [-0.2, 0) is 4.79 Å². The molecule has 0 saturated heterocycles.